The fraction of sp³-hybridized carbons (Fsp3) is 0.436. The molecule has 1 amide bonds. The summed E-state index contributed by atoms with van der Waals surface area (Å²) in [6.45, 7) is 7.71. The number of amides is 1. The normalized spacial score (nSPS) is 22.0. The van der Waals surface area contributed by atoms with E-state index in [0.29, 0.717) is 67.6 Å². The monoisotopic (exact) mass is 882 g/mol. The Labute approximate surface area is 312 Å². The third kappa shape index (κ3) is 6.95. The number of carbonyl (C=O) groups is 1. The molecular weight excluding hydrogens is 843 g/mol. The van der Waals surface area contributed by atoms with E-state index in [-0.39, 0.29) is 37.6 Å². The third-order valence-electron chi connectivity index (χ3n) is 10.1. The number of halogens is 2. The number of anilines is 1. The molecule has 3 fully saturated rings. The van der Waals surface area contributed by atoms with Gasteiger partial charge in [-0.2, -0.15) is 5.26 Å². The molecule has 0 aliphatic carbocycles. The minimum atomic E-state index is -0.925. The van der Waals surface area contributed by atoms with Crippen LogP contribution in [0, 0.1) is 26.5 Å². The van der Waals surface area contributed by atoms with Crippen molar-refractivity contribution in [2.75, 3.05) is 44.2 Å². The fourth-order valence-electron chi connectivity index (χ4n) is 7.92. The topological polar surface area (TPSA) is 94.8 Å². The molecule has 260 valence electrons. The van der Waals surface area contributed by atoms with Gasteiger partial charge >= 0.3 is 189 Å². The van der Waals surface area contributed by atoms with Crippen LogP contribution in [0.2, 0.25) is 0 Å². The predicted molar refractivity (Wildman–Crippen MR) is 193 cm³/mol. The van der Waals surface area contributed by atoms with E-state index in [9.17, 15) is 14.4 Å². The number of carbonyl (C=O) groups excluding carboxylic acids is 1. The zero-order chi connectivity index (χ0) is 35.9. The van der Waals surface area contributed by atoms with Gasteiger partial charge in [0.05, 0.1) is 24.1 Å². The number of benzene rings is 3. The Balaban J connectivity index is 1.32. The van der Waals surface area contributed by atoms with Crippen LogP contribution in [0.25, 0.3) is 32.8 Å². The molecule has 3 saturated heterocycles. The van der Waals surface area contributed by atoms with Gasteiger partial charge in [0.25, 0.3) is 0 Å². The summed E-state index contributed by atoms with van der Waals surface area (Å²) in [4.78, 5) is 28.4. The van der Waals surface area contributed by atoms with Crippen LogP contribution in [-0.4, -0.2) is 114 Å². The van der Waals surface area contributed by atoms with Crippen LogP contribution in [0.3, 0.4) is 0 Å². The number of ether oxygens (including phenoxy) is 2. The van der Waals surface area contributed by atoms with Gasteiger partial charge in [0, 0.05) is 19.5 Å². The summed E-state index contributed by atoms with van der Waals surface area (Å²) in [6, 6.07) is 17.0. The number of hydrogen-bond acceptors (Lipinski definition) is 8. The van der Waals surface area contributed by atoms with Crippen molar-refractivity contribution in [1.82, 2.24) is 19.8 Å². The van der Waals surface area contributed by atoms with E-state index >= 15 is 4.39 Å². The van der Waals surface area contributed by atoms with Gasteiger partial charge in [-0.15, -0.1) is 0 Å². The van der Waals surface area contributed by atoms with Crippen LogP contribution >= 0.6 is 0 Å². The number of nitrogens with zero attached hydrogens (tertiary/aromatic N) is 6. The van der Waals surface area contributed by atoms with Crippen molar-refractivity contribution < 1.29 is 23.0 Å². The van der Waals surface area contributed by atoms with Crippen molar-refractivity contribution in [1.29, 1.82) is 5.26 Å². The quantitative estimate of drug-likeness (QED) is 0.163. The van der Waals surface area contributed by atoms with Gasteiger partial charge in [-0.05, 0) is 40.2 Å². The Morgan fingerprint density at radius 3 is 2.65 bits per heavy atom. The first-order valence-electron chi connectivity index (χ1n) is 17.4. The summed E-state index contributed by atoms with van der Waals surface area (Å²) < 4.78 is 46.8. The molecule has 1 aromatic heterocycles. The number of aromatic nitrogens is 2. The van der Waals surface area contributed by atoms with Gasteiger partial charge in [-0.3, -0.25) is 4.90 Å². The molecule has 7 rings (SSSR count). The van der Waals surface area contributed by atoms with Crippen molar-refractivity contribution in [2.45, 2.75) is 69.8 Å². The zero-order valence-corrected chi connectivity index (χ0v) is 33.6. The van der Waals surface area contributed by atoms with Crippen molar-refractivity contribution in [3.05, 3.63) is 59.9 Å². The van der Waals surface area contributed by atoms with Crippen LogP contribution in [-0.2, 0) is 4.74 Å². The van der Waals surface area contributed by atoms with E-state index in [0.717, 1.165) is 35.7 Å². The molecule has 0 saturated carbocycles. The first kappa shape index (κ1) is 35.3. The molecule has 0 spiro atoms. The predicted octanol–water partition coefficient (Wildman–Crippen LogP) is 6.36. The Kier molecular flexibility index (Phi) is 9.80. The number of rotatable bonds is 6. The first-order chi connectivity index (χ1) is 24.5. The van der Waals surface area contributed by atoms with E-state index in [1.165, 1.54) is 0 Å². The Hall–Kier alpha value is -4.08. The second kappa shape index (κ2) is 14.2. The van der Waals surface area contributed by atoms with Crippen molar-refractivity contribution in [3.8, 4) is 32.6 Å². The smallest absolute Gasteiger partial charge is 0.198 e. The summed E-state index contributed by atoms with van der Waals surface area (Å²) in [5, 5.41) is 12.0. The maximum absolute atomic E-state index is 17.1. The second-order valence-corrected chi connectivity index (χ2v) is 15.8. The van der Waals surface area contributed by atoms with Crippen LogP contribution in [0.5, 0.6) is 6.01 Å². The van der Waals surface area contributed by atoms with Gasteiger partial charge in [-0.25, -0.2) is 9.18 Å². The summed E-state index contributed by atoms with van der Waals surface area (Å²) in [7, 11) is 0. The number of hydrogen-bond donors (Lipinski definition) is 0. The second-order valence-electron chi connectivity index (χ2n) is 14.6. The maximum atomic E-state index is 17.1. The molecule has 9 nitrogen and oxygen atoms in total. The zero-order valence-electron chi connectivity index (χ0n) is 29.1. The minimum Gasteiger partial charge on any atom is -0.198 e. The number of alkyl halides is 1. The molecule has 3 aliphatic heterocycles. The van der Waals surface area contributed by atoms with E-state index < -0.39 is 35.3 Å². The molecule has 4 heterocycles. The summed E-state index contributed by atoms with van der Waals surface area (Å²) in [6.07, 6.45) is 0.812. The molecule has 51 heavy (non-hydrogen) atoms. The van der Waals surface area contributed by atoms with Crippen LogP contribution in [0.15, 0.2) is 48.5 Å². The first-order valence-corrected chi connectivity index (χ1v) is 19.6. The van der Waals surface area contributed by atoms with Crippen LogP contribution in [0.1, 0.15) is 52.0 Å². The summed E-state index contributed by atoms with van der Waals surface area (Å²) in [5.74, 6) is 3.17. The molecule has 0 N–H and O–H groups in total. The Morgan fingerprint density at radius 2 is 1.88 bits per heavy atom. The van der Waals surface area contributed by atoms with Gasteiger partial charge in [0.1, 0.15) is 11.8 Å². The van der Waals surface area contributed by atoms with E-state index in [4.69, 9.17) is 14.5 Å². The molecule has 0 radical (unpaired) electrons. The number of nitriles is 1. The van der Waals surface area contributed by atoms with Gasteiger partial charge in [-0.1, -0.05) is 0 Å². The van der Waals surface area contributed by atoms with Gasteiger partial charge in [0.2, 0.25) is 0 Å². The standard InChI is InChI=1S/C39H39F2N6O3.Tl/c1-5-25-9-6-10-26-11-7-12-29(32(25)26)30-13-14-31-34(33(30)41)43-36(49-24-39-16-8-18-46(39)22-27(40)21-39)44-35(31)45-19-20-47(28(23-45)15-17-42)37(48)50-38(2,3)4;/h6-7,9-14,27-28H,8,15-16,18-24H2,2-4H3;/t27-,28+,39+;/m1./s1. The van der Waals surface area contributed by atoms with Crippen molar-refractivity contribution in [2.24, 2.45) is 0 Å². The van der Waals surface area contributed by atoms with Crippen molar-refractivity contribution in [3.63, 3.8) is 0 Å². The molecule has 3 aliphatic rings. The summed E-state index contributed by atoms with van der Waals surface area (Å²) >= 11 is 0.498. The fourth-order valence-corrected chi connectivity index (χ4v) is 8.53. The number of piperazine rings is 1. The summed E-state index contributed by atoms with van der Waals surface area (Å²) in [5.41, 5.74) is 0.882. The Morgan fingerprint density at radius 1 is 1.08 bits per heavy atom. The van der Waals surface area contributed by atoms with Crippen molar-refractivity contribution >= 4 is 59.4 Å². The molecule has 0 bridgehead atoms. The molecule has 3 atom stereocenters. The average Bonchev–Trinajstić information content (AvgIpc) is 3.62. The molecule has 0 unspecified atom stereocenters. The Bertz CT molecular complexity index is 2100. The van der Waals surface area contributed by atoms with Gasteiger partial charge in [0.15, 0.2) is 0 Å². The minimum absolute atomic E-state index is 0.00453. The third-order valence-corrected chi connectivity index (χ3v) is 10.7. The van der Waals surface area contributed by atoms with Gasteiger partial charge < -0.3 is 9.64 Å². The molecule has 3 aromatic carbocycles. The SMILES string of the molecule is CC(C)(C)OC(=O)N1CCN(c2nc(OC[C@@]34CCCN3C[C@H](F)C4)nc3c(F)c(-c4cccc5cccc(C#[C][Tl])c45)ccc23)C[C@@H]1CC#N. The van der Waals surface area contributed by atoms with E-state index in [1.54, 1.807) is 31.7 Å². The van der Waals surface area contributed by atoms with E-state index in [1.807, 2.05) is 47.4 Å². The van der Waals surface area contributed by atoms with E-state index in [2.05, 4.69) is 25.4 Å². The van der Waals surface area contributed by atoms with Crippen LogP contribution < -0.4 is 9.64 Å². The number of fused-ring (bicyclic) bond motifs is 3. The average molecular weight is 882 g/mol. The molecule has 12 heteroatoms. The van der Waals surface area contributed by atoms with Crippen LogP contribution in [0.4, 0.5) is 19.4 Å². The molecular formula is C39H39F2N6O3Tl. The molecule has 4 aromatic rings.